The number of hydrogen-bond acceptors (Lipinski definition) is 4. The van der Waals surface area contributed by atoms with E-state index in [0.717, 1.165) is 11.5 Å². The minimum atomic E-state index is 0.182. The highest BCUT2D eigenvalue weighted by Gasteiger charge is 2.06. The Kier molecular flexibility index (Phi) is 3.09. The zero-order chi connectivity index (χ0) is 10.5. The third-order valence-electron chi connectivity index (χ3n) is 2.18. The van der Waals surface area contributed by atoms with E-state index in [0.29, 0.717) is 6.54 Å². The zero-order valence-electron chi connectivity index (χ0n) is 8.55. The van der Waals surface area contributed by atoms with Crippen LogP contribution in [0.3, 0.4) is 0 Å². The molecule has 0 aromatic carbocycles. The summed E-state index contributed by atoms with van der Waals surface area (Å²) in [5.74, 6) is 0.930. The molecule has 1 N–H and O–H groups in total. The third-order valence-corrected chi connectivity index (χ3v) is 2.18. The van der Waals surface area contributed by atoms with E-state index < -0.39 is 0 Å². The fraction of sp³-hybridized carbons (Fsp3) is 0.273. The van der Waals surface area contributed by atoms with Crippen molar-refractivity contribution in [1.82, 2.24) is 15.3 Å². The van der Waals surface area contributed by atoms with Crippen LogP contribution in [0.1, 0.15) is 24.4 Å². The van der Waals surface area contributed by atoms with E-state index in [4.69, 9.17) is 4.42 Å². The van der Waals surface area contributed by atoms with Crippen LogP contribution in [0, 0.1) is 0 Å². The van der Waals surface area contributed by atoms with Crippen molar-refractivity contribution in [1.29, 1.82) is 0 Å². The second kappa shape index (κ2) is 4.70. The topological polar surface area (TPSA) is 51.0 Å². The van der Waals surface area contributed by atoms with E-state index in [2.05, 4.69) is 22.2 Å². The third kappa shape index (κ3) is 2.63. The van der Waals surface area contributed by atoms with E-state index in [1.165, 1.54) is 0 Å². The van der Waals surface area contributed by atoms with Crippen molar-refractivity contribution in [2.24, 2.45) is 0 Å². The number of hydrogen-bond donors (Lipinski definition) is 1. The van der Waals surface area contributed by atoms with Gasteiger partial charge in [0, 0.05) is 25.1 Å². The van der Waals surface area contributed by atoms with Crippen molar-refractivity contribution in [2.75, 3.05) is 0 Å². The number of rotatable bonds is 4. The molecule has 0 amide bonds. The van der Waals surface area contributed by atoms with Crippen LogP contribution >= 0.6 is 0 Å². The molecule has 0 saturated carbocycles. The van der Waals surface area contributed by atoms with Gasteiger partial charge in [0.15, 0.2) is 0 Å². The molecule has 2 aromatic heterocycles. The van der Waals surface area contributed by atoms with Gasteiger partial charge >= 0.3 is 0 Å². The summed E-state index contributed by atoms with van der Waals surface area (Å²) in [6, 6.07) is 4.02. The first-order chi connectivity index (χ1) is 7.36. The average molecular weight is 203 g/mol. The molecule has 0 fully saturated rings. The Balaban J connectivity index is 1.89. The maximum Gasteiger partial charge on any atom is 0.120 e. The summed E-state index contributed by atoms with van der Waals surface area (Å²) in [6.45, 7) is 2.74. The molecule has 2 aromatic rings. The second-order valence-corrected chi connectivity index (χ2v) is 3.31. The summed E-state index contributed by atoms with van der Waals surface area (Å²) in [7, 11) is 0. The molecular weight excluding hydrogens is 190 g/mol. The Morgan fingerprint density at radius 2 is 2.40 bits per heavy atom. The lowest BCUT2D eigenvalue weighted by Crippen LogP contribution is -2.18. The first-order valence-electron chi connectivity index (χ1n) is 4.88. The van der Waals surface area contributed by atoms with Crippen LogP contribution in [0.25, 0.3) is 0 Å². The van der Waals surface area contributed by atoms with E-state index in [1.54, 1.807) is 24.9 Å². The molecule has 0 aliphatic rings. The molecule has 0 aliphatic heterocycles. The molecule has 0 spiro atoms. The molecule has 2 heterocycles. The van der Waals surface area contributed by atoms with Crippen molar-refractivity contribution in [3.63, 3.8) is 0 Å². The highest BCUT2D eigenvalue weighted by Crippen LogP contribution is 2.12. The molecule has 78 valence electrons. The normalized spacial score (nSPS) is 12.6. The van der Waals surface area contributed by atoms with Gasteiger partial charge in [-0.3, -0.25) is 9.97 Å². The van der Waals surface area contributed by atoms with Crippen LogP contribution in [-0.2, 0) is 6.54 Å². The maximum atomic E-state index is 5.29. The van der Waals surface area contributed by atoms with E-state index >= 15 is 0 Å². The van der Waals surface area contributed by atoms with Crippen molar-refractivity contribution < 1.29 is 4.42 Å². The van der Waals surface area contributed by atoms with Crippen LogP contribution in [0.4, 0.5) is 0 Å². The standard InChI is InChI=1S/C11H13N3O/c1-9(11-3-2-6-15-11)14-8-10-7-12-4-5-13-10/h2-7,9,14H,8H2,1H3. The van der Waals surface area contributed by atoms with Gasteiger partial charge in [0.2, 0.25) is 0 Å². The Bertz CT molecular complexity index is 385. The predicted octanol–water partition coefficient (Wildman–Crippen LogP) is 1.92. The molecule has 1 atom stereocenters. The Labute approximate surface area is 88.4 Å². The molecule has 2 rings (SSSR count). The Morgan fingerprint density at radius 3 is 3.07 bits per heavy atom. The van der Waals surface area contributed by atoms with E-state index in [-0.39, 0.29) is 6.04 Å². The van der Waals surface area contributed by atoms with Crippen LogP contribution in [0.2, 0.25) is 0 Å². The molecule has 15 heavy (non-hydrogen) atoms. The number of furan rings is 1. The van der Waals surface area contributed by atoms with Crippen molar-refractivity contribution in [3.8, 4) is 0 Å². The number of nitrogens with zero attached hydrogens (tertiary/aromatic N) is 2. The predicted molar refractivity (Wildman–Crippen MR) is 56.0 cm³/mol. The van der Waals surface area contributed by atoms with E-state index in [1.807, 2.05) is 12.1 Å². The molecule has 1 unspecified atom stereocenters. The zero-order valence-corrected chi connectivity index (χ0v) is 8.55. The molecular formula is C11H13N3O. The van der Waals surface area contributed by atoms with Gasteiger partial charge in [-0.05, 0) is 19.1 Å². The van der Waals surface area contributed by atoms with Gasteiger partial charge < -0.3 is 9.73 Å². The lowest BCUT2D eigenvalue weighted by molar-refractivity contribution is 0.428. The first-order valence-corrected chi connectivity index (χ1v) is 4.88. The Hall–Kier alpha value is -1.68. The van der Waals surface area contributed by atoms with Gasteiger partial charge in [-0.15, -0.1) is 0 Å². The molecule has 0 radical (unpaired) electrons. The number of aromatic nitrogens is 2. The minimum absolute atomic E-state index is 0.182. The summed E-state index contributed by atoms with van der Waals surface area (Å²) in [6.07, 6.45) is 6.78. The van der Waals surface area contributed by atoms with Gasteiger partial charge in [-0.1, -0.05) is 0 Å². The molecule has 0 saturated heterocycles. The van der Waals surface area contributed by atoms with Gasteiger partial charge in [0.1, 0.15) is 5.76 Å². The fourth-order valence-corrected chi connectivity index (χ4v) is 1.32. The molecule has 4 heteroatoms. The SMILES string of the molecule is CC(NCc1cnccn1)c1ccco1. The van der Waals surface area contributed by atoms with Crippen LogP contribution < -0.4 is 5.32 Å². The molecule has 4 nitrogen and oxygen atoms in total. The lowest BCUT2D eigenvalue weighted by Gasteiger charge is -2.10. The molecule has 0 aliphatic carbocycles. The van der Waals surface area contributed by atoms with Crippen molar-refractivity contribution in [2.45, 2.75) is 19.5 Å². The van der Waals surface area contributed by atoms with Crippen molar-refractivity contribution in [3.05, 3.63) is 48.4 Å². The monoisotopic (exact) mass is 203 g/mol. The largest absolute Gasteiger partial charge is 0.468 e. The summed E-state index contributed by atoms with van der Waals surface area (Å²) in [4.78, 5) is 8.18. The van der Waals surface area contributed by atoms with Crippen LogP contribution in [0.5, 0.6) is 0 Å². The quantitative estimate of drug-likeness (QED) is 0.824. The first kappa shape index (κ1) is 9.86. The lowest BCUT2D eigenvalue weighted by atomic mass is 10.2. The smallest absolute Gasteiger partial charge is 0.120 e. The van der Waals surface area contributed by atoms with Gasteiger partial charge in [0.05, 0.1) is 18.0 Å². The summed E-state index contributed by atoms with van der Waals surface area (Å²) in [5.41, 5.74) is 0.927. The van der Waals surface area contributed by atoms with Crippen LogP contribution in [0.15, 0.2) is 41.4 Å². The van der Waals surface area contributed by atoms with E-state index in [9.17, 15) is 0 Å². The van der Waals surface area contributed by atoms with Gasteiger partial charge in [-0.2, -0.15) is 0 Å². The second-order valence-electron chi connectivity index (χ2n) is 3.31. The minimum Gasteiger partial charge on any atom is -0.468 e. The Morgan fingerprint density at radius 1 is 1.47 bits per heavy atom. The number of nitrogens with one attached hydrogen (secondary N) is 1. The van der Waals surface area contributed by atoms with Crippen molar-refractivity contribution >= 4 is 0 Å². The fourth-order valence-electron chi connectivity index (χ4n) is 1.32. The summed E-state index contributed by atoms with van der Waals surface area (Å²) < 4.78 is 5.29. The highest BCUT2D eigenvalue weighted by molar-refractivity contribution is 5.04. The van der Waals surface area contributed by atoms with Gasteiger partial charge in [0.25, 0.3) is 0 Å². The highest BCUT2D eigenvalue weighted by atomic mass is 16.3. The summed E-state index contributed by atoms with van der Waals surface area (Å²) in [5, 5.41) is 3.31. The summed E-state index contributed by atoms with van der Waals surface area (Å²) >= 11 is 0. The van der Waals surface area contributed by atoms with Gasteiger partial charge in [-0.25, -0.2) is 0 Å². The average Bonchev–Trinajstić information content (AvgIpc) is 2.81. The molecule has 0 bridgehead atoms. The maximum absolute atomic E-state index is 5.29. The van der Waals surface area contributed by atoms with Crippen LogP contribution in [-0.4, -0.2) is 9.97 Å².